The molecule has 0 spiro atoms. The van der Waals surface area contributed by atoms with Crippen LogP contribution < -0.4 is 9.47 Å². The van der Waals surface area contributed by atoms with Gasteiger partial charge in [-0.25, -0.2) is 0 Å². The van der Waals surface area contributed by atoms with Gasteiger partial charge in [0.25, 0.3) is 0 Å². The summed E-state index contributed by atoms with van der Waals surface area (Å²) in [5, 5.41) is 0. The molecule has 3 unspecified atom stereocenters. The van der Waals surface area contributed by atoms with Gasteiger partial charge in [-0.05, 0) is 75.9 Å². The molecule has 3 atom stereocenters. The molecular formula is C35H44O11. The summed E-state index contributed by atoms with van der Waals surface area (Å²) in [5.41, 5.74) is 1.78. The standard InChI is InChI=1S/C35H44O11/c1-23(24-6-10-26(11-7-24)43-32(38)16-14-30(36)40-20-28-18-19-34(2,3)45-28)25-8-12-27(13-9-25)44-33(39)17-15-31(37)41-21-29-22-42-35(4,5)46-29/h6-13,23,28-29H,14-22H2,1-5H3. The Bertz CT molecular complexity index is 1240. The molecule has 11 heteroatoms. The van der Waals surface area contributed by atoms with Crippen LogP contribution in [0, 0.1) is 0 Å². The third kappa shape index (κ3) is 11.2. The zero-order valence-electron chi connectivity index (χ0n) is 27.2. The SMILES string of the molecule is CC(c1ccc(OC(=O)CCC(=O)OCC2CCC(C)(C)O2)cc1)c1ccc(OC(=O)CCC(=O)OCC2COC(C)(C)O2)cc1. The van der Waals surface area contributed by atoms with Crippen molar-refractivity contribution in [1.82, 2.24) is 0 Å². The van der Waals surface area contributed by atoms with Crippen LogP contribution in [0.2, 0.25) is 0 Å². The second-order valence-corrected chi connectivity index (χ2v) is 12.7. The maximum absolute atomic E-state index is 12.3. The van der Waals surface area contributed by atoms with Gasteiger partial charge in [-0.2, -0.15) is 0 Å². The lowest BCUT2D eigenvalue weighted by molar-refractivity contribution is -0.159. The molecule has 2 saturated heterocycles. The van der Waals surface area contributed by atoms with E-state index in [2.05, 4.69) is 0 Å². The van der Waals surface area contributed by atoms with E-state index >= 15 is 0 Å². The van der Waals surface area contributed by atoms with Crippen molar-refractivity contribution in [3.63, 3.8) is 0 Å². The van der Waals surface area contributed by atoms with Crippen LogP contribution in [-0.2, 0) is 42.9 Å². The highest BCUT2D eigenvalue weighted by Gasteiger charge is 2.34. The zero-order valence-corrected chi connectivity index (χ0v) is 27.2. The molecule has 4 rings (SSSR count). The molecule has 2 aliphatic heterocycles. The van der Waals surface area contributed by atoms with Crippen LogP contribution >= 0.6 is 0 Å². The van der Waals surface area contributed by atoms with E-state index in [9.17, 15) is 19.2 Å². The Kier molecular flexibility index (Phi) is 11.9. The average molecular weight is 641 g/mol. The molecule has 2 aliphatic rings. The number of esters is 4. The van der Waals surface area contributed by atoms with Crippen molar-refractivity contribution in [2.75, 3.05) is 19.8 Å². The van der Waals surface area contributed by atoms with Crippen LogP contribution in [0.25, 0.3) is 0 Å². The molecule has 0 bridgehead atoms. The molecule has 11 nitrogen and oxygen atoms in total. The van der Waals surface area contributed by atoms with Gasteiger partial charge in [0.05, 0.1) is 44.0 Å². The van der Waals surface area contributed by atoms with Crippen molar-refractivity contribution in [2.24, 2.45) is 0 Å². The Labute approximate surface area is 269 Å². The molecule has 2 fully saturated rings. The molecule has 0 N–H and O–H groups in total. The summed E-state index contributed by atoms with van der Waals surface area (Å²) < 4.78 is 38.0. The number of carbonyl (C=O) groups is 4. The van der Waals surface area contributed by atoms with E-state index in [0.717, 1.165) is 24.0 Å². The molecule has 0 radical (unpaired) electrons. The van der Waals surface area contributed by atoms with Crippen molar-refractivity contribution in [1.29, 1.82) is 0 Å². The fraction of sp³-hybridized carbons (Fsp3) is 0.543. The minimum absolute atomic E-state index is 0.00767. The maximum Gasteiger partial charge on any atom is 0.311 e. The first-order valence-electron chi connectivity index (χ1n) is 15.7. The van der Waals surface area contributed by atoms with Gasteiger partial charge in [0.2, 0.25) is 0 Å². The fourth-order valence-electron chi connectivity index (χ4n) is 5.17. The largest absolute Gasteiger partial charge is 0.463 e. The van der Waals surface area contributed by atoms with Crippen molar-refractivity contribution in [3.8, 4) is 11.5 Å². The Morgan fingerprint density at radius 1 is 0.696 bits per heavy atom. The van der Waals surface area contributed by atoms with Crippen LogP contribution in [0.1, 0.15) is 90.2 Å². The zero-order chi connectivity index (χ0) is 33.3. The van der Waals surface area contributed by atoms with Crippen LogP contribution in [0.4, 0.5) is 0 Å². The number of hydrogen-bond acceptors (Lipinski definition) is 11. The molecular weight excluding hydrogens is 596 g/mol. The lowest BCUT2D eigenvalue weighted by Crippen LogP contribution is -2.25. The highest BCUT2D eigenvalue weighted by molar-refractivity contribution is 5.79. The van der Waals surface area contributed by atoms with Gasteiger partial charge in [-0.1, -0.05) is 31.2 Å². The third-order valence-electron chi connectivity index (χ3n) is 7.77. The van der Waals surface area contributed by atoms with E-state index in [4.69, 9.17) is 33.2 Å². The average Bonchev–Trinajstić information content (AvgIpc) is 3.56. The van der Waals surface area contributed by atoms with E-state index in [-0.39, 0.29) is 62.6 Å². The van der Waals surface area contributed by atoms with E-state index < -0.39 is 29.7 Å². The van der Waals surface area contributed by atoms with E-state index in [1.54, 1.807) is 38.1 Å². The first-order valence-corrected chi connectivity index (χ1v) is 15.7. The molecule has 0 aliphatic carbocycles. The summed E-state index contributed by atoms with van der Waals surface area (Å²) in [6, 6.07) is 14.3. The van der Waals surface area contributed by atoms with Crippen molar-refractivity contribution < 1.29 is 52.3 Å². The monoisotopic (exact) mass is 640 g/mol. The molecule has 0 saturated carbocycles. The first kappa shape index (κ1) is 35.1. The molecule has 46 heavy (non-hydrogen) atoms. The van der Waals surface area contributed by atoms with Gasteiger partial charge in [0.15, 0.2) is 5.79 Å². The van der Waals surface area contributed by atoms with E-state index in [1.807, 2.05) is 45.0 Å². The molecule has 2 aromatic carbocycles. The lowest BCUT2D eigenvalue weighted by atomic mass is 9.93. The van der Waals surface area contributed by atoms with E-state index in [0.29, 0.717) is 18.1 Å². The molecule has 0 aromatic heterocycles. The van der Waals surface area contributed by atoms with Crippen molar-refractivity contribution in [3.05, 3.63) is 59.7 Å². The molecule has 250 valence electrons. The van der Waals surface area contributed by atoms with Gasteiger partial charge in [-0.15, -0.1) is 0 Å². The summed E-state index contributed by atoms with van der Waals surface area (Å²) in [7, 11) is 0. The summed E-state index contributed by atoms with van der Waals surface area (Å²) in [5.74, 6) is -1.96. The lowest BCUT2D eigenvalue weighted by Gasteiger charge is -2.19. The van der Waals surface area contributed by atoms with Gasteiger partial charge in [0.1, 0.15) is 30.8 Å². The number of ether oxygens (including phenoxy) is 7. The van der Waals surface area contributed by atoms with Crippen molar-refractivity contribution >= 4 is 23.9 Å². The normalized spacial score (nSPS) is 20.5. The predicted octanol–water partition coefficient (Wildman–Crippen LogP) is 5.41. The van der Waals surface area contributed by atoms with Crippen LogP contribution in [0.3, 0.4) is 0 Å². The number of rotatable bonds is 14. The number of carbonyl (C=O) groups excluding carboxylic acids is 4. The first-order chi connectivity index (χ1) is 21.8. The Morgan fingerprint density at radius 2 is 1.15 bits per heavy atom. The molecule has 2 heterocycles. The van der Waals surface area contributed by atoms with Gasteiger partial charge in [-0.3, -0.25) is 19.2 Å². The topological polar surface area (TPSA) is 133 Å². The Balaban J connectivity index is 1.13. The third-order valence-corrected chi connectivity index (χ3v) is 7.77. The maximum atomic E-state index is 12.3. The highest BCUT2D eigenvalue weighted by atomic mass is 16.7. The van der Waals surface area contributed by atoms with Crippen molar-refractivity contribution in [2.45, 2.75) is 103 Å². The van der Waals surface area contributed by atoms with Crippen LogP contribution in [0.15, 0.2) is 48.5 Å². The summed E-state index contributed by atoms with van der Waals surface area (Å²) in [6.45, 7) is 10.2. The minimum atomic E-state index is -0.695. The molecule has 2 aromatic rings. The van der Waals surface area contributed by atoms with Crippen LogP contribution in [-0.4, -0.2) is 67.3 Å². The summed E-state index contributed by atoms with van der Waals surface area (Å²) in [6.07, 6.45) is 0.963. The van der Waals surface area contributed by atoms with Gasteiger partial charge >= 0.3 is 23.9 Å². The summed E-state index contributed by atoms with van der Waals surface area (Å²) in [4.78, 5) is 48.6. The predicted molar refractivity (Wildman–Crippen MR) is 165 cm³/mol. The minimum Gasteiger partial charge on any atom is -0.463 e. The smallest absolute Gasteiger partial charge is 0.311 e. The Morgan fingerprint density at radius 3 is 1.57 bits per heavy atom. The van der Waals surface area contributed by atoms with Gasteiger partial charge < -0.3 is 33.2 Å². The second kappa shape index (κ2) is 15.7. The van der Waals surface area contributed by atoms with Gasteiger partial charge in [0, 0.05) is 5.92 Å². The highest BCUT2D eigenvalue weighted by Crippen LogP contribution is 2.30. The summed E-state index contributed by atoms with van der Waals surface area (Å²) >= 11 is 0. The quantitative estimate of drug-likeness (QED) is 0.194. The number of benzene rings is 2. The molecule has 0 amide bonds. The van der Waals surface area contributed by atoms with Crippen LogP contribution in [0.5, 0.6) is 11.5 Å². The number of hydrogen-bond donors (Lipinski definition) is 0. The fourth-order valence-corrected chi connectivity index (χ4v) is 5.17. The van der Waals surface area contributed by atoms with E-state index in [1.165, 1.54) is 0 Å². The second-order valence-electron chi connectivity index (χ2n) is 12.7. The Hall–Kier alpha value is -3.80.